The first-order valence-electron chi connectivity index (χ1n) is 5.65. The van der Waals surface area contributed by atoms with Gasteiger partial charge in [-0.15, -0.1) is 0 Å². The summed E-state index contributed by atoms with van der Waals surface area (Å²) in [5.74, 6) is 0.0112. The molecule has 0 bridgehead atoms. The molecule has 0 aromatic heterocycles. The standard InChI is InChI=1S/C12H20O3/c1-3-5-10(13)7-8-12(15)9-11(14)6-4-2/h3-9H2,1-2H3. The van der Waals surface area contributed by atoms with Crippen LogP contribution in [0.1, 0.15) is 58.8 Å². The van der Waals surface area contributed by atoms with Crippen LogP contribution in [0, 0.1) is 0 Å². The molecule has 0 saturated carbocycles. The zero-order valence-electron chi connectivity index (χ0n) is 9.67. The molecule has 0 atom stereocenters. The fourth-order valence-electron chi connectivity index (χ4n) is 1.36. The van der Waals surface area contributed by atoms with Crippen LogP contribution in [-0.4, -0.2) is 17.3 Å². The fourth-order valence-corrected chi connectivity index (χ4v) is 1.36. The van der Waals surface area contributed by atoms with Crippen molar-refractivity contribution in [2.45, 2.75) is 58.8 Å². The Labute approximate surface area is 91.2 Å². The first kappa shape index (κ1) is 14.0. The highest BCUT2D eigenvalue weighted by Crippen LogP contribution is 2.03. The zero-order chi connectivity index (χ0) is 11.7. The van der Waals surface area contributed by atoms with Gasteiger partial charge in [0.2, 0.25) is 0 Å². The summed E-state index contributed by atoms with van der Waals surface area (Å²) in [6.07, 6.45) is 3.14. The minimum Gasteiger partial charge on any atom is -0.300 e. The van der Waals surface area contributed by atoms with Crippen molar-refractivity contribution in [2.75, 3.05) is 0 Å². The summed E-state index contributed by atoms with van der Waals surface area (Å²) >= 11 is 0. The van der Waals surface area contributed by atoms with E-state index in [0.717, 1.165) is 12.8 Å². The summed E-state index contributed by atoms with van der Waals surface area (Å²) in [6.45, 7) is 3.84. The number of carbonyl (C=O) groups is 3. The van der Waals surface area contributed by atoms with Gasteiger partial charge in [0.05, 0.1) is 6.42 Å². The Balaban J connectivity index is 3.66. The van der Waals surface area contributed by atoms with Gasteiger partial charge < -0.3 is 0 Å². The first-order chi connectivity index (χ1) is 7.10. The van der Waals surface area contributed by atoms with Crippen LogP contribution >= 0.6 is 0 Å². The number of rotatable bonds is 9. The second kappa shape index (κ2) is 8.33. The number of ketones is 3. The van der Waals surface area contributed by atoms with Crippen LogP contribution in [0.2, 0.25) is 0 Å². The van der Waals surface area contributed by atoms with E-state index in [0.29, 0.717) is 19.3 Å². The molecule has 0 rings (SSSR count). The SMILES string of the molecule is CCCC(=O)CCC(=O)CC(=O)CCC. The lowest BCUT2D eigenvalue weighted by Gasteiger charge is -1.99. The molecule has 0 radical (unpaired) electrons. The zero-order valence-corrected chi connectivity index (χ0v) is 9.67. The Morgan fingerprint density at radius 3 is 1.60 bits per heavy atom. The van der Waals surface area contributed by atoms with E-state index in [-0.39, 0.29) is 30.2 Å². The number of hydrogen-bond donors (Lipinski definition) is 0. The van der Waals surface area contributed by atoms with E-state index in [1.54, 1.807) is 0 Å². The lowest BCUT2D eigenvalue weighted by atomic mass is 10.0. The number of carbonyl (C=O) groups excluding carboxylic acids is 3. The molecule has 0 fully saturated rings. The molecule has 0 saturated heterocycles. The third-order valence-corrected chi connectivity index (χ3v) is 2.13. The van der Waals surface area contributed by atoms with Crippen LogP contribution in [-0.2, 0) is 14.4 Å². The molecule has 3 heteroatoms. The van der Waals surface area contributed by atoms with Crippen LogP contribution in [0.3, 0.4) is 0 Å². The Morgan fingerprint density at radius 2 is 1.07 bits per heavy atom. The summed E-state index contributed by atoms with van der Waals surface area (Å²) in [5, 5.41) is 0. The minimum atomic E-state index is -0.0992. The van der Waals surface area contributed by atoms with Crippen LogP contribution in [0.5, 0.6) is 0 Å². The highest BCUT2D eigenvalue weighted by Gasteiger charge is 2.10. The van der Waals surface area contributed by atoms with E-state index in [2.05, 4.69) is 0 Å². The molecule has 0 aromatic carbocycles. The van der Waals surface area contributed by atoms with Crippen molar-refractivity contribution >= 4 is 17.3 Å². The number of Topliss-reactive ketones (excluding diaryl/α,β-unsaturated/α-hetero) is 3. The highest BCUT2D eigenvalue weighted by atomic mass is 16.1. The molecular weight excluding hydrogens is 192 g/mol. The smallest absolute Gasteiger partial charge is 0.140 e. The Kier molecular flexibility index (Phi) is 7.78. The van der Waals surface area contributed by atoms with Gasteiger partial charge in [0.1, 0.15) is 17.3 Å². The predicted octanol–water partition coefficient (Wildman–Crippen LogP) is 2.46. The van der Waals surface area contributed by atoms with Crippen molar-refractivity contribution in [3.8, 4) is 0 Å². The minimum absolute atomic E-state index is 0.00719. The van der Waals surface area contributed by atoms with Gasteiger partial charge in [-0.3, -0.25) is 14.4 Å². The summed E-state index contributed by atoms with van der Waals surface area (Å²) in [4.78, 5) is 33.5. The van der Waals surface area contributed by atoms with Crippen molar-refractivity contribution in [2.24, 2.45) is 0 Å². The maximum atomic E-state index is 11.3. The predicted molar refractivity (Wildman–Crippen MR) is 58.7 cm³/mol. The quantitative estimate of drug-likeness (QED) is 0.552. The van der Waals surface area contributed by atoms with Gasteiger partial charge >= 0.3 is 0 Å². The number of hydrogen-bond acceptors (Lipinski definition) is 3. The van der Waals surface area contributed by atoms with Crippen molar-refractivity contribution in [1.82, 2.24) is 0 Å². The van der Waals surface area contributed by atoms with Gasteiger partial charge in [-0.1, -0.05) is 13.8 Å². The van der Waals surface area contributed by atoms with E-state index in [1.807, 2.05) is 13.8 Å². The molecule has 0 aliphatic heterocycles. The van der Waals surface area contributed by atoms with Crippen LogP contribution in [0.15, 0.2) is 0 Å². The maximum absolute atomic E-state index is 11.3. The van der Waals surface area contributed by atoms with Gasteiger partial charge in [-0.05, 0) is 12.8 Å². The van der Waals surface area contributed by atoms with Gasteiger partial charge in [0.15, 0.2) is 0 Å². The third kappa shape index (κ3) is 8.03. The topological polar surface area (TPSA) is 51.2 Å². The molecule has 3 nitrogen and oxygen atoms in total. The molecule has 86 valence electrons. The molecular formula is C12H20O3. The maximum Gasteiger partial charge on any atom is 0.140 e. The largest absolute Gasteiger partial charge is 0.300 e. The van der Waals surface area contributed by atoms with E-state index in [1.165, 1.54) is 0 Å². The van der Waals surface area contributed by atoms with Crippen LogP contribution < -0.4 is 0 Å². The lowest BCUT2D eigenvalue weighted by Crippen LogP contribution is -2.09. The molecule has 15 heavy (non-hydrogen) atoms. The fraction of sp³-hybridized carbons (Fsp3) is 0.750. The summed E-state index contributed by atoms with van der Waals surface area (Å²) < 4.78 is 0. The summed E-state index contributed by atoms with van der Waals surface area (Å²) in [6, 6.07) is 0. The summed E-state index contributed by atoms with van der Waals surface area (Å²) in [7, 11) is 0. The molecule has 0 amide bonds. The van der Waals surface area contributed by atoms with E-state index < -0.39 is 0 Å². The Morgan fingerprint density at radius 1 is 0.667 bits per heavy atom. The van der Waals surface area contributed by atoms with Crippen LogP contribution in [0.25, 0.3) is 0 Å². The van der Waals surface area contributed by atoms with Crippen molar-refractivity contribution < 1.29 is 14.4 Å². The van der Waals surface area contributed by atoms with Crippen LogP contribution in [0.4, 0.5) is 0 Å². The van der Waals surface area contributed by atoms with Gasteiger partial charge in [0.25, 0.3) is 0 Å². The molecule has 0 aliphatic carbocycles. The molecule has 0 N–H and O–H groups in total. The molecule has 0 spiro atoms. The molecule has 0 aromatic rings. The second-order valence-corrected chi connectivity index (χ2v) is 3.79. The van der Waals surface area contributed by atoms with Crippen molar-refractivity contribution in [1.29, 1.82) is 0 Å². The third-order valence-electron chi connectivity index (χ3n) is 2.13. The van der Waals surface area contributed by atoms with Gasteiger partial charge in [0, 0.05) is 25.7 Å². The molecule has 0 unspecified atom stereocenters. The Bertz CT molecular complexity index is 231. The normalized spacial score (nSPS) is 10.0. The molecule has 0 heterocycles. The molecule has 0 aliphatic rings. The monoisotopic (exact) mass is 212 g/mol. The van der Waals surface area contributed by atoms with E-state index in [4.69, 9.17) is 0 Å². The van der Waals surface area contributed by atoms with E-state index >= 15 is 0 Å². The van der Waals surface area contributed by atoms with Gasteiger partial charge in [-0.2, -0.15) is 0 Å². The average Bonchev–Trinajstić information content (AvgIpc) is 2.15. The van der Waals surface area contributed by atoms with Crippen molar-refractivity contribution in [3.63, 3.8) is 0 Å². The average molecular weight is 212 g/mol. The van der Waals surface area contributed by atoms with E-state index in [9.17, 15) is 14.4 Å². The van der Waals surface area contributed by atoms with Crippen molar-refractivity contribution in [3.05, 3.63) is 0 Å². The summed E-state index contributed by atoms with van der Waals surface area (Å²) in [5.41, 5.74) is 0. The first-order valence-corrected chi connectivity index (χ1v) is 5.65. The second-order valence-electron chi connectivity index (χ2n) is 3.79. The lowest BCUT2D eigenvalue weighted by molar-refractivity contribution is -0.129. The van der Waals surface area contributed by atoms with Gasteiger partial charge in [-0.25, -0.2) is 0 Å². The Hall–Kier alpha value is -0.990. The highest BCUT2D eigenvalue weighted by molar-refractivity contribution is 6.00.